The largest absolute Gasteiger partial charge is 0.453 e. The van der Waals surface area contributed by atoms with Crippen LogP contribution in [-0.2, 0) is 9.47 Å². The molecule has 1 aromatic carbocycles. The second-order valence-corrected chi connectivity index (χ2v) is 3.30. The van der Waals surface area contributed by atoms with Crippen molar-refractivity contribution >= 4 is 6.09 Å². The molecule has 1 fully saturated rings. The molecule has 1 aliphatic rings. The highest BCUT2D eigenvalue weighted by Gasteiger charge is 2.31. The fraction of sp³-hybridized carbons (Fsp3) is 0.364. The Balaban J connectivity index is 2.18. The topological polar surface area (TPSA) is 38.8 Å². The van der Waals surface area contributed by atoms with Crippen LogP contribution in [0.4, 0.5) is 4.79 Å². The third-order valence-electron chi connectivity index (χ3n) is 2.38. The van der Waals surface area contributed by atoms with Gasteiger partial charge in [-0.05, 0) is 0 Å². The molecule has 0 radical (unpaired) electrons. The summed E-state index contributed by atoms with van der Waals surface area (Å²) in [6, 6.07) is 9.65. The molecule has 1 amide bonds. The summed E-state index contributed by atoms with van der Waals surface area (Å²) in [6.07, 6.45) is -0.653. The first-order valence-corrected chi connectivity index (χ1v) is 4.84. The minimum atomic E-state index is -0.346. The number of amides is 1. The minimum Gasteiger partial charge on any atom is -0.453 e. The van der Waals surface area contributed by atoms with E-state index in [2.05, 4.69) is 0 Å². The zero-order valence-corrected chi connectivity index (χ0v) is 8.55. The molecule has 1 saturated heterocycles. The zero-order valence-electron chi connectivity index (χ0n) is 8.55. The van der Waals surface area contributed by atoms with Crippen molar-refractivity contribution in [1.29, 1.82) is 0 Å². The summed E-state index contributed by atoms with van der Waals surface area (Å²) in [5, 5.41) is 0. The lowest BCUT2D eigenvalue weighted by Gasteiger charge is -2.21. The van der Waals surface area contributed by atoms with Crippen molar-refractivity contribution in [3.8, 4) is 0 Å². The van der Waals surface area contributed by atoms with Crippen LogP contribution in [0.25, 0.3) is 0 Å². The summed E-state index contributed by atoms with van der Waals surface area (Å²) >= 11 is 0. The predicted molar refractivity (Wildman–Crippen MR) is 54.2 cm³/mol. The number of ether oxygens (including phenoxy) is 2. The van der Waals surface area contributed by atoms with Crippen molar-refractivity contribution in [2.75, 3.05) is 20.3 Å². The average molecular weight is 207 g/mol. The second kappa shape index (κ2) is 4.31. The van der Waals surface area contributed by atoms with E-state index in [4.69, 9.17) is 9.47 Å². The SMILES string of the molecule is COC(=O)N1CCOC1c1ccccc1. The third-order valence-corrected chi connectivity index (χ3v) is 2.38. The number of hydrogen-bond acceptors (Lipinski definition) is 3. The van der Waals surface area contributed by atoms with Gasteiger partial charge in [-0.2, -0.15) is 0 Å². The van der Waals surface area contributed by atoms with E-state index in [1.54, 1.807) is 4.90 Å². The Labute approximate surface area is 88.4 Å². The first kappa shape index (κ1) is 9.98. The molecule has 1 aromatic rings. The van der Waals surface area contributed by atoms with Gasteiger partial charge in [0.05, 0.1) is 20.3 Å². The predicted octanol–water partition coefficient (Wildman–Crippen LogP) is 1.78. The van der Waals surface area contributed by atoms with Crippen molar-refractivity contribution in [1.82, 2.24) is 4.90 Å². The van der Waals surface area contributed by atoms with Crippen molar-refractivity contribution in [3.05, 3.63) is 35.9 Å². The number of nitrogens with zero attached hydrogens (tertiary/aromatic N) is 1. The summed E-state index contributed by atoms with van der Waals surface area (Å²) in [5.41, 5.74) is 0.973. The highest BCUT2D eigenvalue weighted by Crippen LogP contribution is 2.26. The number of benzene rings is 1. The number of hydrogen-bond donors (Lipinski definition) is 0. The van der Waals surface area contributed by atoms with Gasteiger partial charge in [0.2, 0.25) is 0 Å². The molecule has 0 spiro atoms. The van der Waals surface area contributed by atoms with Crippen LogP contribution in [0.5, 0.6) is 0 Å². The Morgan fingerprint density at radius 1 is 1.47 bits per heavy atom. The van der Waals surface area contributed by atoms with Crippen LogP contribution >= 0.6 is 0 Å². The molecule has 80 valence electrons. The molecule has 4 nitrogen and oxygen atoms in total. The standard InChI is InChI=1S/C11H13NO3/c1-14-11(13)12-7-8-15-10(12)9-5-3-2-4-6-9/h2-6,10H,7-8H2,1H3. The summed E-state index contributed by atoms with van der Waals surface area (Å²) in [5.74, 6) is 0. The van der Waals surface area contributed by atoms with Gasteiger partial charge in [0, 0.05) is 5.56 Å². The van der Waals surface area contributed by atoms with Crippen LogP contribution in [0.3, 0.4) is 0 Å². The van der Waals surface area contributed by atoms with Gasteiger partial charge in [-0.25, -0.2) is 4.79 Å². The van der Waals surface area contributed by atoms with Crippen molar-refractivity contribution in [2.45, 2.75) is 6.23 Å². The molecule has 1 heterocycles. The molecular weight excluding hydrogens is 194 g/mol. The van der Waals surface area contributed by atoms with Crippen molar-refractivity contribution in [2.24, 2.45) is 0 Å². The van der Waals surface area contributed by atoms with E-state index in [0.717, 1.165) is 5.56 Å². The molecule has 0 N–H and O–H groups in total. The van der Waals surface area contributed by atoms with Crippen molar-refractivity contribution in [3.63, 3.8) is 0 Å². The van der Waals surface area contributed by atoms with Gasteiger partial charge in [0.25, 0.3) is 0 Å². The van der Waals surface area contributed by atoms with Crippen LogP contribution in [0.15, 0.2) is 30.3 Å². The first-order valence-electron chi connectivity index (χ1n) is 4.84. The molecule has 0 aliphatic carbocycles. The summed E-state index contributed by atoms with van der Waals surface area (Å²) in [4.78, 5) is 13.0. The summed E-state index contributed by atoms with van der Waals surface area (Å²) < 4.78 is 10.2. The van der Waals surface area contributed by atoms with Gasteiger partial charge < -0.3 is 9.47 Å². The lowest BCUT2D eigenvalue weighted by molar-refractivity contribution is 0.0295. The van der Waals surface area contributed by atoms with Gasteiger partial charge in [-0.3, -0.25) is 4.90 Å². The van der Waals surface area contributed by atoms with Crippen LogP contribution in [-0.4, -0.2) is 31.3 Å². The molecule has 0 saturated carbocycles. The van der Waals surface area contributed by atoms with Crippen molar-refractivity contribution < 1.29 is 14.3 Å². The lowest BCUT2D eigenvalue weighted by Crippen LogP contribution is -2.30. The lowest BCUT2D eigenvalue weighted by atomic mass is 10.2. The number of carbonyl (C=O) groups excluding carboxylic acids is 1. The minimum absolute atomic E-state index is 0.307. The van der Waals surface area contributed by atoms with Crippen LogP contribution in [0.2, 0.25) is 0 Å². The van der Waals surface area contributed by atoms with E-state index < -0.39 is 0 Å². The van der Waals surface area contributed by atoms with E-state index in [9.17, 15) is 4.79 Å². The van der Waals surface area contributed by atoms with Gasteiger partial charge in [-0.1, -0.05) is 30.3 Å². The summed E-state index contributed by atoms with van der Waals surface area (Å²) in [7, 11) is 1.38. The molecule has 4 heteroatoms. The number of methoxy groups -OCH3 is 1. The number of carbonyl (C=O) groups is 1. The third kappa shape index (κ3) is 1.94. The van der Waals surface area contributed by atoms with Gasteiger partial charge in [0.1, 0.15) is 0 Å². The monoisotopic (exact) mass is 207 g/mol. The van der Waals surface area contributed by atoms with Gasteiger partial charge >= 0.3 is 6.09 Å². The highest BCUT2D eigenvalue weighted by molar-refractivity contribution is 5.68. The average Bonchev–Trinajstić information content (AvgIpc) is 2.78. The van der Waals surface area contributed by atoms with Crippen LogP contribution in [0.1, 0.15) is 11.8 Å². The Bertz CT molecular complexity index is 339. The maximum Gasteiger partial charge on any atom is 0.411 e. The van der Waals surface area contributed by atoms with E-state index in [0.29, 0.717) is 13.2 Å². The normalized spacial score (nSPS) is 20.3. The second-order valence-electron chi connectivity index (χ2n) is 3.30. The smallest absolute Gasteiger partial charge is 0.411 e. The van der Waals surface area contributed by atoms with Gasteiger partial charge in [-0.15, -0.1) is 0 Å². The molecule has 1 atom stereocenters. The Hall–Kier alpha value is -1.55. The van der Waals surface area contributed by atoms with E-state index in [1.807, 2.05) is 30.3 Å². The van der Waals surface area contributed by atoms with Crippen LogP contribution < -0.4 is 0 Å². The maximum atomic E-state index is 11.4. The van der Waals surface area contributed by atoms with E-state index >= 15 is 0 Å². The zero-order chi connectivity index (χ0) is 10.7. The quantitative estimate of drug-likeness (QED) is 0.704. The molecule has 0 bridgehead atoms. The highest BCUT2D eigenvalue weighted by atomic mass is 16.6. The summed E-state index contributed by atoms with van der Waals surface area (Å²) in [6.45, 7) is 1.13. The molecule has 2 rings (SSSR count). The maximum absolute atomic E-state index is 11.4. The Kier molecular flexibility index (Phi) is 2.87. The molecule has 1 aliphatic heterocycles. The van der Waals surface area contributed by atoms with E-state index in [1.165, 1.54) is 7.11 Å². The fourth-order valence-electron chi connectivity index (χ4n) is 1.67. The van der Waals surface area contributed by atoms with E-state index in [-0.39, 0.29) is 12.3 Å². The molecule has 1 unspecified atom stereocenters. The Morgan fingerprint density at radius 3 is 2.87 bits per heavy atom. The molecule has 0 aromatic heterocycles. The first-order chi connectivity index (χ1) is 7.33. The Morgan fingerprint density at radius 2 is 2.20 bits per heavy atom. The molecular formula is C11H13NO3. The number of rotatable bonds is 1. The fourth-order valence-corrected chi connectivity index (χ4v) is 1.67. The molecule has 15 heavy (non-hydrogen) atoms. The van der Waals surface area contributed by atoms with Gasteiger partial charge in [0.15, 0.2) is 6.23 Å². The van der Waals surface area contributed by atoms with Crippen LogP contribution in [0, 0.1) is 0 Å².